The molecule has 2 aromatic rings. The number of aryl methyl sites for hydroxylation is 2. The molecular formula is C18H19FN2O2. The summed E-state index contributed by atoms with van der Waals surface area (Å²) >= 11 is 0. The Bertz CT molecular complexity index is 729. The first kappa shape index (κ1) is 16.7. The second-order valence-electron chi connectivity index (χ2n) is 5.45. The second-order valence-corrected chi connectivity index (χ2v) is 5.45. The normalized spacial score (nSPS) is 10.2. The van der Waals surface area contributed by atoms with E-state index < -0.39 is 0 Å². The number of halogens is 1. The first-order valence-electron chi connectivity index (χ1n) is 7.32. The summed E-state index contributed by atoms with van der Waals surface area (Å²) < 4.78 is 13.0. The van der Waals surface area contributed by atoms with E-state index in [0.717, 1.165) is 16.8 Å². The van der Waals surface area contributed by atoms with Gasteiger partial charge in [0.05, 0.1) is 13.0 Å². The Morgan fingerprint density at radius 2 is 1.83 bits per heavy atom. The molecule has 0 bridgehead atoms. The van der Waals surface area contributed by atoms with Crippen LogP contribution >= 0.6 is 0 Å². The van der Waals surface area contributed by atoms with Crippen molar-refractivity contribution in [3.63, 3.8) is 0 Å². The Kier molecular flexibility index (Phi) is 5.46. The van der Waals surface area contributed by atoms with Crippen molar-refractivity contribution >= 4 is 17.5 Å². The van der Waals surface area contributed by atoms with Crippen molar-refractivity contribution in [2.75, 3.05) is 11.9 Å². The molecule has 0 aliphatic carbocycles. The van der Waals surface area contributed by atoms with Gasteiger partial charge in [-0.05, 0) is 43.2 Å². The number of hydrogen-bond donors (Lipinski definition) is 2. The van der Waals surface area contributed by atoms with Crippen LogP contribution in [-0.4, -0.2) is 18.4 Å². The fourth-order valence-corrected chi connectivity index (χ4v) is 2.22. The molecule has 0 aliphatic heterocycles. The monoisotopic (exact) mass is 314 g/mol. The van der Waals surface area contributed by atoms with Crippen LogP contribution in [0.5, 0.6) is 0 Å². The first-order chi connectivity index (χ1) is 10.9. The quantitative estimate of drug-likeness (QED) is 0.891. The molecule has 120 valence electrons. The molecule has 4 nitrogen and oxygen atoms in total. The van der Waals surface area contributed by atoms with Crippen LogP contribution in [0.2, 0.25) is 0 Å². The lowest BCUT2D eigenvalue weighted by atomic mass is 10.1. The van der Waals surface area contributed by atoms with E-state index in [-0.39, 0.29) is 30.6 Å². The second kappa shape index (κ2) is 7.54. The van der Waals surface area contributed by atoms with Crippen molar-refractivity contribution in [3.8, 4) is 0 Å². The highest BCUT2D eigenvalue weighted by Crippen LogP contribution is 2.15. The van der Waals surface area contributed by atoms with Crippen molar-refractivity contribution in [3.05, 3.63) is 65.0 Å². The summed E-state index contributed by atoms with van der Waals surface area (Å²) in [7, 11) is 0. The molecule has 0 fully saturated rings. The Morgan fingerprint density at radius 3 is 2.52 bits per heavy atom. The van der Waals surface area contributed by atoms with E-state index in [4.69, 9.17) is 0 Å². The molecule has 2 aromatic carbocycles. The first-order valence-corrected chi connectivity index (χ1v) is 7.32. The highest BCUT2D eigenvalue weighted by atomic mass is 19.1. The van der Waals surface area contributed by atoms with Gasteiger partial charge in [-0.1, -0.05) is 29.8 Å². The summed E-state index contributed by atoms with van der Waals surface area (Å²) in [6, 6.07) is 11.5. The third-order valence-corrected chi connectivity index (χ3v) is 3.36. The van der Waals surface area contributed by atoms with Gasteiger partial charge >= 0.3 is 0 Å². The molecule has 0 saturated heterocycles. The summed E-state index contributed by atoms with van der Waals surface area (Å²) in [6.45, 7) is 3.76. The van der Waals surface area contributed by atoms with Crippen LogP contribution in [0.25, 0.3) is 0 Å². The zero-order valence-electron chi connectivity index (χ0n) is 13.2. The molecule has 0 radical (unpaired) electrons. The number of hydrogen-bond acceptors (Lipinski definition) is 2. The van der Waals surface area contributed by atoms with E-state index in [9.17, 15) is 14.0 Å². The average molecular weight is 314 g/mol. The summed E-state index contributed by atoms with van der Waals surface area (Å²) in [6.07, 6.45) is 0.0363. The lowest BCUT2D eigenvalue weighted by Gasteiger charge is -2.10. The van der Waals surface area contributed by atoms with Crippen molar-refractivity contribution in [2.45, 2.75) is 20.3 Å². The van der Waals surface area contributed by atoms with Gasteiger partial charge in [0.25, 0.3) is 0 Å². The third kappa shape index (κ3) is 5.21. The predicted octanol–water partition coefficient (Wildman–Crippen LogP) is 2.74. The Hall–Kier alpha value is -2.69. The van der Waals surface area contributed by atoms with Crippen LogP contribution in [0.15, 0.2) is 42.5 Å². The number of rotatable bonds is 5. The molecule has 0 atom stereocenters. The number of amides is 2. The maximum atomic E-state index is 13.0. The van der Waals surface area contributed by atoms with E-state index in [1.807, 2.05) is 32.0 Å². The molecule has 0 spiro atoms. The van der Waals surface area contributed by atoms with Crippen molar-refractivity contribution in [2.24, 2.45) is 0 Å². The standard InChI is InChI=1S/C18H19FN2O2/c1-12-6-7-16(13(2)8-12)21-18(23)11-20-17(22)10-14-4-3-5-15(19)9-14/h3-9H,10-11H2,1-2H3,(H,20,22)(H,21,23). The van der Waals surface area contributed by atoms with Gasteiger partial charge in [-0.25, -0.2) is 4.39 Å². The highest BCUT2D eigenvalue weighted by molar-refractivity contribution is 5.95. The minimum atomic E-state index is -0.386. The van der Waals surface area contributed by atoms with Gasteiger partial charge in [0.15, 0.2) is 0 Å². The molecule has 2 rings (SSSR count). The molecule has 0 aromatic heterocycles. The largest absolute Gasteiger partial charge is 0.347 e. The molecule has 23 heavy (non-hydrogen) atoms. The van der Waals surface area contributed by atoms with Gasteiger partial charge in [0.1, 0.15) is 5.82 Å². The molecule has 2 amide bonds. The number of anilines is 1. The zero-order valence-corrected chi connectivity index (χ0v) is 13.2. The third-order valence-electron chi connectivity index (χ3n) is 3.36. The van der Waals surface area contributed by atoms with Gasteiger partial charge < -0.3 is 10.6 Å². The molecular weight excluding hydrogens is 295 g/mol. The maximum Gasteiger partial charge on any atom is 0.243 e. The number of nitrogens with one attached hydrogen (secondary N) is 2. The van der Waals surface area contributed by atoms with Crippen LogP contribution in [-0.2, 0) is 16.0 Å². The molecule has 0 unspecified atom stereocenters. The zero-order chi connectivity index (χ0) is 16.8. The fraction of sp³-hybridized carbons (Fsp3) is 0.222. The summed E-state index contributed by atoms with van der Waals surface area (Å²) in [5.41, 5.74) is 3.37. The lowest BCUT2D eigenvalue weighted by Crippen LogP contribution is -2.33. The predicted molar refractivity (Wildman–Crippen MR) is 87.7 cm³/mol. The van der Waals surface area contributed by atoms with E-state index in [2.05, 4.69) is 10.6 Å². The molecule has 0 saturated carbocycles. The van der Waals surface area contributed by atoms with Crippen LogP contribution in [0.1, 0.15) is 16.7 Å². The molecule has 0 heterocycles. The van der Waals surface area contributed by atoms with Gasteiger partial charge in [-0.3, -0.25) is 9.59 Å². The minimum absolute atomic E-state index is 0.0363. The van der Waals surface area contributed by atoms with Crippen LogP contribution < -0.4 is 10.6 Å². The van der Waals surface area contributed by atoms with Gasteiger partial charge in [0, 0.05) is 5.69 Å². The fourth-order valence-electron chi connectivity index (χ4n) is 2.22. The van der Waals surface area contributed by atoms with Gasteiger partial charge in [-0.2, -0.15) is 0 Å². The van der Waals surface area contributed by atoms with Gasteiger partial charge in [0.2, 0.25) is 11.8 Å². The average Bonchev–Trinajstić information content (AvgIpc) is 2.48. The number of benzene rings is 2. The topological polar surface area (TPSA) is 58.2 Å². The minimum Gasteiger partial charge on any atom is -0.347 e. The van der Waals surface area contributed by atoms with E-state index in [1.165, 1.54) is 12.1 Å². The Labute approximate surface area is 134 Å². The summed E-state index contributed by atoms with van der Waals surface area (Å²) in [5, 5.41) is 5.28. The van der Waals surface area contributed by atoms with E-state index in [0.29, 0.717) is 5.56 Å². The van der Waals surface area contributed by atoms with Crippen LogP contribution in [0.3, 0.4) is 0 Å². The summed E-state index contributed by atoms with van der Waals surface area (Å²) in [5.74, 6) is -1.01. The van der Waals surface area contributed by atoms with Crippen molar-refractivity contribution in [1.82, 2.24) is 5.32 Å². The molecule has 5 heteroatoms. The van der Waals surface area contributed by atoms with Gasteiger partial charge in [-0.15, -0.1) is 0 Å². The van der Waals surface area contributed by atoms with Crippen molar-refractivity contribution in [1.29, 1.82) is 0 Å². The molecule has 0 aliphatic rings. The Morgan fingerprint density at radius 1 is 1.04 bits per heavy atom. The van der Waals surface area contributed by atoms with Crippen LogP contribution in [0.4, 0.5) is 10.1 Å². The van der Waals surface area contributed by atoms with E-state index >= 15 is 0 Å². The Balaban J connectivity index is 1.83. The molecule has 2 N–H and O–H groups in total. The highest BCUT2D eigenvalue weighted by Gasteiger charge is 2.08. The van der Waals surface area contributed by atoms with E-state index in [1.54, 1.807) is 12.1 Å². The number of carbonyl (C=O) groups excluding carboxylic acids is 2. The van der Waals surface area contributed by atoms with Crippen molar-refractivity contribution < 1.29 is 14.0 Å². The lowest BCUT2D eigenvalue weighted by molar-refractivity contribution is -0.123. The van der Waals surface area contributed by atoms with Crippen LogP contribution in [0, 0.1) is 19.7 Å². The SMILES string of the molecule is Cc1ccc(NC(=O)CNC(=O)Cc2cccc(F)c2)c(C)c1. The maximum absolute atomic E-state index is 13.0. The summed E-state index contributed by atoms with van der Waals surface area (Å²) in [4.78, 5) is 23.7. The smallest absolute Gasteiger partial charge is 0.243 e. The number of carbonyl (C=O) groups is 2.